The molecule has 0 spiro atoms. The Hall–Kier alpha value is -2.58. The Morgan fingerprint density at radius 3 is 2.50 bits per heavy atom. The van der Waals surface area contributed by atoms with Gasteiger partial charge in [0.05, 0.1) is 10.6 Å². The van der Waals surface area contributed by atoms with Crippen LogP contribution in [-0.4, -0.2) is 21.4 Å². The van der Waals surface area contributed by atoms with Crippen molar-refractivity contribution in [2.24, 2.45) is 0 Å². The number of carbonyl (C=O) groups excluding carboxylic acids is 2. The number of nitrogens with zero attached hydrogens (tertiary/aromatic N) is 2. The quantitative estimate of drug-likeness (QED) is 0.729. The van der Waals surface area contributed by atoms with Crippen LogP contribution < -0.4 is 10.6 Å². The van der Waals surface area contributed by atoms with Crippen LogP contribution in [0.4, 0.5) is 11.4 Å². The normalized spacial score (nSPS) is 10.4. The van der Waals surface area contributed by atoms with E-state index in [4.69, 9.17) is 0 Å². The number of benzene rings is 1. The first kappa shape index (κ1) is 16.3. The Labute approximate surface area is 146 Å². The molecule has 0 unspecified atom stereocenters. The van der Waals surface area contributed by atoms with E-state index in [1.807, 2.05) is 18.4 Å². The summed E-state index contributed by atoms with van der Waals surface area (Å²) in [6, 6.07) is 10.6. The van der Waals surface area contributed by atoms with E-state index in [2.05, 4.69) is 20.2 Å². The van der Waals surface area contributed by atoms with Crippen molar-refractivity contribution in [3.05, 3.63) is 57.2 Å². The highest BCUT2D eigenvalue weighted by molar-refractivity contribution is 7.12. The van der Waals surface area contributed by atoms with Gasteiger partial charge in [0.15, 0.2) is 0 Å². The summed E-state index contributed by atoms with van der Waals surface area (Å²) >= 11 is 2.45. The lowest BCUT2D eigenvalue weighted by Crippen LogP contribution is -2.13. The number of nitrogens with one attached hydrogen (secondary N) is 2. The van der Waals surface area contributed by atoms with Gasteiger partial charge in [0, 0.05) is 11.4 Å². The molecule has 2 N–H and O–H groups in total. The summed E-state index contributed by atoms with van der Waals surface area (Å²) in [6.45, 7) is 1.92. The molecule has 0 bridgehead atoms. The van der Waals surface area contributed by atoms with Crippen molar-refractivity contribution in [1.29, 1.82) is 0 Å². The molecule has 0 aliphatic carbocycles. The lowest BCUT2D eigenvalue weighted by atomic mass is 10.2. The molecule has 0 radical (unpaired) electrons. The van der Waals surface area contributed by atoms with E-state index >= 15 is 0 Å². The van der Waals surface area contributed by atoms with Crippen molar-refractivity contribution in [3.63, 3.8) is 0 Å². The Kier molecular flexibility index (Phi) is 4.97. The first-order chi connectivity index (χ1) is 11.7. The molecule has 0 saturated carbocycles. The Morgan fingerprint density at radius 2 is 1.83 bits per heavy atom. The van der Waals surface area contributed by atoms with Crippen LogP contribution in [0.2, 0.25) is 0 Å². The van der Waals surface area contributed by atoms with Crippen LogP contribution in [0.15, 0.2) is 41.8 Å². The van der Waals surface area contributed by atoms with Crippen LogP contribution in [0.5, 0.6) is 0 Å². The molecular weight excluding hydrogens is 344 g/mol. The second kappa shape index (κ2) is 7.33. The highest BCUT2D eigenvalue weighted by Crippen LogP contribution is 2.19. The van der Waals surface area contributed by atoms with Crippen molar-refractivity contribution in [1.82, 2.24) is 9.59 Å². The van der Waals surface area contributed by atoms with Gasteiger partial charge in [0.2, 0.25) is 0 Å². The standard InChI is InChI=1S/C16H14N4O2S2/c1-2-12-14(24-20-19-12)16(22)18-11-6-3-5-10(9-11)17-15(21)13-7-4-8-23-13/h3-9H,2H2,1H3,(H,17,21)(H,18,22). The third kappa shape index (κ3) is 3.66. The minimum absolute atomic E-state index is 0.173. The van der Waals surface area contributed by atoms with Crippen LogP contribution in [0.3, 0.4) is 0 Å². The molecule has 0 aliphatic rings. The van der Waals surface area contributed by atoms with Gasteiger partial charge >= 0.3 is 0 Å². The van der Waals surface area contributed by atoms with Crippen LogP contribution in [0, 0.1) is 0 Å². The molecule has 2 heterocycles. The average Bonchev–Trinajstić information content (AvgIpc) is 3.26. The third-order valence-corrected chi connectivity index (χ3v) is 4.86. The average molecular weight is 358 g/mol. The van der Waals surface area contributed by atoms with Crippen molar-refractivity contribution in [2.75, 3.05) is 10.6 Å². The molecule has 1 aromatic carbocycles. The molecule has 0 aliphatic heterocycles. The molecule has 0 saturated heterocycles. The molecule has 0 atom stereocenters. The minimum atomic E-state index is -0.247. The fraction of sp³-hybridized carbons (Fsp3) is 0.125. The molecule has 2 amide bonds. The number of carbonyl (C=O) groups is 2. The van der Waals surface area contributed by atoms with Crippen LogP contribution >= 0.6 is 22.9 Å². The number of aryl methyl sites for hydroxylation is 1. The monoisotopic (exact) mass is 358 g/mol. The first-order valence-corrected chi connectivity index (χ1v) is 8.90. The summed E-state index contributed by atoms with van der Waals surface area (Å²) in [5, 5.41) is 11.4. The summed E-state index contributed by atoms with van der Waals surface area (Å²) in [6.07, 6.45) is 0.649. The van der Waals surface area contributed by atoms with E-state index in [0.717, 1.165) is 11.5 Å². The maximum atomic E-state index is 12.3. The van der Waals surface area contributed by atoms with Gasteiger partial charge < -0.3 is 10.6 Å². The maximum absolute atomic E-state index is 12.3. The summed E-state index contributed by atoms with van der Waals surface area (Å²) in [7, 11) is 0. The van der Waals surface area contributed by atoms with Crippen molar-refractivity contribution < 1.29 is 9.59 Å². The van der Waals surface area contributed by atoms with E-state index < -0.39 is 0 Å². The molecular formula is C16H14N4O2S2. The Bertz CT molecular complexity index is 859. The van der Waals surface area contributed by atoms with Crippen molar-refractivity contribution in [3.8, 4) is 0 Å². The van der Waals surface area contributed by atoms with Gasteiger partial charge in [-0.3, -0.25) is 9.59 Å². The number of anilines is 2. The molecule has 24 heavy (non-hydrogen) atoms. The van der Waals surface area contributed by atoms with Gasteiger partial charge in [-0.1, -0.05) is 23.5 Å². The number of hydrogen-bond donors (Lipinski definition) is 2. The van der Waals surface area contributed by atoms with Crippen LogP contribution in [-0.2, 0) is 6.42 Å². The van der Waals surface area contributed by atoms with Crippen LogP contribution in [0.1, 0.15) is 32.0 Å². The van der Waals surface area contributed by atoms with Crippen molar-refractivity contribution in [2.45, 2.75) is 13.3 Å². The van der Waals surface area contributed by atoms with Gasteiger partial charge in [-0.2, -0.15) is 0 Å². The summed E-state index contributed by atoms with van der Waals surface area (Å²) in [5.74, 6) is -0.419. The topological polar surface area (TPSA) is 84.0 Å². The second-order valence-corrected chi connectivity index (χ2v) is 6.57. The van der Waals surface area contributed by atoms with Gasteiger partial charge in [0.1, 0.15) is 4.88 Å². The Morgan fingerprint density at radius 1 is 1.08 bits per heavy atom. The lowest BCUT2D eigenvalue weighted by Gasteiger charge is -2.08. The van der Waals surface area contributed by atoms with Crippen molar-refractivity contribution >= 4 is 46.1 Å². The fourth-order valence-corrected chi connectivity index (χ4v) is 3.34. The van der Waals surface area contributed by atoms with Gasteiger partial charge in [0.25, 0.3) is 11.8 Å². The largest absolute Gasteiger partial charge is 0.321 e. The number of amides is 2. The van der Waals surface area contributed by atoms with Crippen LogP contribution in [0.25, 0.3) is 0 Å². The molecule has 122 valence electrons. The first-order valence-electron chi connectivity index (χ1n) is 7.25. The predicted molar refractivity (Wildman–Crippen MR) is 96.0 cm³/mol. The zero-order valence-corrected chi connectivity index (χ0v) is 14.4. The molecule has 0 fully saturated rings. The molecule has 3 rings (SSSR count). The van der Waals surface area contributed by atoms with E-state index in [1.54, 1.807) is 30.3 Å². The third-order valence-electron chi connectivity index (χ3n) is 3.22. The predicted octanol–water partition coefficient (Wildman–Crippen LogP) is 3.67. The Balaban J connectivity index is 1.71. The molecule has 6 nitrogen and oxygen atoms in total. The highest BCUT2D eigenvalue weighted by Gasteiger charge is 2.15. The summed E-state index contributed by atoms with van der Waals surface area (Å²) in [4.78, 5) is 25.5. The fourth-order valence-electron chi connectivity index (χ4n) is 2.08. The molecule has 3 aromatic rings. The number of rotatable bonds is 5. The van der Waals surface area contributed by atoms with Gasteiger partial charge in [-0.05, 0) is 47.6 Å². The SMILES string of the molecule is CCc1nnsc1C(=O)Nc1cccc(NC(=O)c2cccs2)c1. The highest BCUT2D eigenvalue weighted by atomic mass is 32.1. The smallest absolute Gasteiger partial charge is 0.269 e. The number of thiophene rings is 1. The summed E-state index contributed by atoms with van der Waals surface area (Å²) in [5.41, 5.74) is 1.89. The zero-order chi connectivity index (χ0) is 16.9. The van der Waals surface area contributed by atoms with Gasteiger partial charge in [-0.25, -0.2) is 0 Å². The number of hydrogen-bond acceptors (Lipinski definition) is 6. The summed E-state index contributed by atoms with van der Waals surface area (Å²) < 4.78 is 3.82. The molecule has 8 heteroatoms. The van der Waals surface area contributed by atoms with Gasteiger partial charge in [-0.15, -0.1) is 16.4 Å². The van der Waals surface area contributed by atoms with E-state index in [1.165, 1.54) is 11.3 Å². The van der Waals surface area contributed by atoms with E-state index in [-0.39, 0.29) is 11.8 Å². The lowest BCUT2D eigenvalue weighted by molar-refractivity contribution is 0.102. The van der Waals surface area contributed by atoms with E-state index in [9.17, 15) is 9.59 Å². The molecule has 2 aromatic heterocycles. The zero-order valence-electron chi connectivity index (χ0n) is 12.8. The second-order valence-electron chi connectivity index (χ2n) is 4.87. The maximum Gasteiger partial charge on any atom is 0.269 e. The number of aromatic nitrogens is 2. The van der Waals surface area contributed by atoms with E-state index in [0.29, 0.717) is 33.2 Å². The minimum Gasteiger partial charge on any atom is -0.321 e.